The molecule has 10 heteroatoms. The van der Waals surface area contributed by atoms with E-state index in [-0.39, 0.29) is 30.4 Å². The van der Waals surface area contributed by atoms with E-state index in [0.29, 0.717) is 18.7 Å². The quantitative estimate of drug-likeness (QED) is 0.753. The molecule has 146 valence electrons. The summed E-state index contributed by atoms with van der Waals surface area (Å²) in [4.78, 5) is 47.3. The number of nitrogens with zero attached hydrogens (tertiary/aromatic N) is 4. The van der Waals surface area contributed by atoms with Crippen LogP contribution in [0.15, 0.2) is 29.6 Å². The molecule has 2 aromatic rings. The first-order valence-electron chi connectivity index (χ1n) is 8.91. The molecule has 0 spiro atoms. The molecule has 1 fully saturated rings. The van der Waals surface area contributed by atoms with Gasteiger partial charge in [0.25, 0.3) is 11.8 Å². The van der Waals surface area contributed by atoms with Gasteiger partial charge in [0.05, 0.1) is 31.6 Å². The highest BCUT2D eigenvalue weighted by atomic mass is 16.5. The number of ether oxygens (including phenoxy) is 1. The molecule has 0 radical (unpaired) electrons. The summed E-state index contributed by atoms with van der Waals surface area (Å²) < 4.78 is 7.08. The minimum Gasteiger partial charge on any atom is -0.503 e. The molecule has 1 saturated heterocycles. The van der Waals surface area contributed by atoms with Gasteiger partial charge in [0.15, 0.2) is 17.7 Å². The maximum atomic E-state index is 12.8. The first kappa shape index (κ1) is 18.1. The highest BCUT2D eigenvalue weighted by Crippen LogP contribution is 2.29. The highest BCUT2D eigenvalue weighted by Gasteiger charge is 2.40. The highest BCUT2D eigenvalue weighted by molar-refractivity contribution is 5.99. The van der Waals surface area contributed by atoms with Gasteiger partial charge in [-0.2, -0.15) is 0 Å². The molecular formula is C18H19N5O5. The zero-order valence-corrected chi connectivity index (χ0v) is 15.2. The van der Waals surface area contributed by atoms with E-state index in [4.69, 9.17) is 4.74 Å². The summed E-state index contributed by atoms with van der Waals surface area (Å²) in [7, 11) is 0. The van der Waals surface area contributed by atoms with Crippen molar-refractivity contribution in [1.29, 1.82) is 0 Å². The zero-order valence-electron chi connectivity index (χ0n) is 15.2. The van der Waals surface area contributed by atoms with Gasteiger partial charge in [-0.05, 0) is 13.3 Å². The topological polar surface area (TPSA) is 127 Å². The van der Waals surface area contributed by atoms with E-state index in [0.717, 1.165) is 0 Å². The SMILES string of the molecule is C[C@@H]1CCO[C@H]2Cn3cc(C(=O)NCc4cnccn4)c(=O)c(O)c3C(=O)N12. The van der Waals surface area contributed by atoms with Gasteiger partial charge in [-0.25, -0.2) is 0 Å². The van der Waals surface area contributed by atoms with Crippen molar-refractivity contribution in [3.8, 4) is 5.75 Å². The number of rotatable bonds is 3. The van der Waals surface area contributed by atoms with Crippen LogP contribution in [0, 0.1) is 0 Å². The van der Waals surface area contributed by atoms with Gasteiger partial charge in [0, 0.05) is 24.6 Å². The molecule has 0 unspecified atom stereocenters. The predicted molar refractivity (Wildman–Crippen MR) is 95.6 cm³/mol. The molecule has 2 N–H and O–H groups in total. The molecule has 0 saturated carbocycles. The predicted octanol–water partition coefficient (Wildman–Crippen LogP) is -0.135. The Bertz CT molecular complexity index is 990. The smallest absolute Gasteiger partial charge is 0.276 e. The summed E-state index contributed by atoms with van der Waals surface area (Å²) in [6.07, 6.45) is 5.96. The molecular weight excluding hydrogens is 366 g/mol. The summed E-state index contributed by atoms with van der Waals surface area (Å²) in [5.41, 5.74) is -0.742. The summed E-state index contributed by atoms with van der Waals surface area (Å²) in [6.45, 7) is 2.71. The fraction of sp³-hybridized carbons (Fsp3) is 0.389. The van der Waals surface area contributed by atoms with Crippen LogP contribution < -0.4 is 10.7 Å². The molecule has 2 atom stereocenters. The molecule has 2 aliphatic rings. The molecule has 4 heterocycles. The Morgan fingerprint density at radius 2 is 2.21 bits per heavy atom. The Kier molecular flexibility index (Phi) is 4.55. The van der Waals surface area contributed by atoms with Crippen LogP contribution in [0.3, 0.4) is 0 Å². The number of pyridine rings is 1. The minimum atomic E-state index is -0.889. The second kappa shape index (κ2) is 7.04. The lowest BCUT2D eigenvalue weighted by molar-refractivity contribution is -0.112. The van der Waals surface area contributed by atoms with Crippen molar-refractivity contribution in [2.24, 2.45) is 0 Å². The van der Waals surface area contributed by atoms with Crippen LogP contribution in [0.5, 0.6) is 5.75 Å². The third kappa shape index (κ3) is 3.01. The number of carbonyl (C=O) groups excluding carboxylic acids is 2. The van der Waals surface area contributed by atoms with Gasteiger partial charge in [-0.3, -0.25) is 24.4 Å². The van der Waals surface area contributed by atoms with E-state index in [1.807, 2.05) is 6.92 Å². The van der Waals surface area contributed by atoms with Crippen molar-refractivity contribution in [2.45, 2.75) is 38.7 Å². The normalized spacial score (nSPS) is 21.0. The molecule has 28 heavy (non-hydrogen) atoms. The average Bonchev–Trinajstić information content (AvgIpc) is 2.69. The second-order valence-electron chi connectivity index (χ2n) is 6.78. The standard InChI is InChI=1S/C18H19N5O5/c1-10-2-5-28-13-9-22-8-12(15(24)16(25)14(22)18(27)23(10)13)17(26)21-7-11-6-19-3-4-20-11/h3-4,6,8,10,13,25H,2,5,7,9H2,1H3,(H,21,26)/t10-,13+/m1/s1. The van der Waals surface area contributed by atoms with Crippen molar-refractivity contribution >= 4 is 11.8 Å². The van der Waals surface area contributed by atoms with Crippen molar-refractivity contribution in [1.82, 2.24) is 24.8 Å². The fourth-order valence-electron chi connectivity index (χ4n) is 3.51. The molecule has 2 aliphatic heterocycles. The summed E-state index contributed by atoms with van der Waals surface area (Å²) >= 11 is 0. The van der Waals surface area contributed by atoms with Crippen LogP contribution >= 0.6 is 0 Å². The van der Waals surface area contributed by atoms with Crippen LogP contribution in [0.1, 0.15) is 39.9 Å². The number of aromatic hydroxyl groups is 1. The van der Waals surface area contributed by atoms with E-state index in [2.05, 4.69) is 15.3 Å². The molecule has 10 nitrogen and oxygen atoms in total. The Morgan fingerprint density at radius 1 is 1.39 bits per heavy atom. The lowest BCUT2D eigenvalue weighted by Gasteiger charge is -2.44. The Morgan fingerprint density at radius 3 is 2.96 bits per heavy atom. The number of carbonyl (C=O) groups is 2. The van der Waals surface area contributed by atoms with Gasteiger partial charge in [0.2, 0.25) is 5.43 Å². The molecule has 2 aromatic heterocycles. The Balaban J connectivity index is 1.65. The van der Waals surface area contributed by atoms with Gasteiger partial charge in [-0.1, -0.05) is 0 Å². The van der Waals surface area contributed by atoms with E-state index < -0.39 is 29.2 Å². The van der Waals surface area contributed by atoms with Crippen LogP contribution in [-0.2, 0) is 17.8 Å². The number of aromatic nitrogens is 3. The summed E-state index contributed by atoms with van der Waals surface area (Å²) in [5.74, 6) is -1.88. The number of nitrogens with one attached hydrogen (secondary N) is 1. The Hall–Kier alpha value is -3.27. The zero-order chi connectivity index (χ0) is 19.8. The molecule has 2 amide bonds. The number of hydrogen-bond acceptors (Lipinski definition) is 7. The molecule has 0 aromatic carbocycles. The van der Waals surface area contributed by atoms with Gasteiger partial charge < -0.3 is 24.6 Å². The maximum Gasteiger partial charge on any atom is 0.276 e. The number of fused-ring (bicyclic) bond motifs is 2. The fourth-order valence-corrected chi connectivity index (χ4v) is 3.51. The van der Waals surface area contributed by atoms with Gasteiger partial charge in [-0.15, -0.1) is 0 Å². The molecule has 4 rings (SSSR count). The van der Waals surface area contributed by atoms with E-state index in [1.54, 1.807) is 0 Å². The van der Waals surface area contributed by atoms with Crippen LogP contribution in [0.25, 0.3) is 0 Å². The van der Waals surface area contributed by atoms with Crippen molar-refractivity contribution < 1.29 is 19.4 Å². The first-order chi connectivity index (χ1) is 13.5. The van der Waals surface area contributed by atoms with Gasteiger partial charge in [0.1, 0.15) is 5.56 Å². The molecule has 0 aliphatic carbocycles. The third-order valence-electron chi connectivity index (χ3n) is 4.97. The monoisotopic (exact) mass is 385 g/mol. The molecule has 0 bridgehead atoms. The van der Waals surface area contributed by atoms with Crippen molar-refractivity contribution in [3.05, 3.63) is 52.0 Å². The van der Waals surface area contributed by atoms with E-state index in [9.17, 15) is 19.5 Å². The average molecular weight is 385 g/mol. The maximum absolute atomic E-state index is 12.8. The van der Waals surface area contributed by atoms with Crippen LogP contribution in [0.2, 0.25) is 0 Å². The van der Waals surface area contributed by atoms with E-state index in [1.165, 1.54) is 34.3 Å². The van der Waals surface area contributed by atoms with Gasteiger partial charge >= 0.3 is 0 Å². The largest absolute Gasteiger partial charge is 0.503 e. The van der Waals surface area contributed by atoms with Crippen LogP contribution in [-0.4, -0.2) is 55.2 Å². The number of hydrogen-bond donors (Lipinski definition) is 2. The first-order valence-corrected chi connectivity index (χ1v) is 8.91. The Labute approximate surface area is 159 Å². The lowest BCUT2D eigenvalue weighted by Crippen LogP contribution is -2.57. The minimum absolute atomic E-state index is 0.0653. The van der Waals surface area contributed by atoms with E-state index >= 15 is 0 Å². The van der Waals surface area contributed by atoms with Crippen molar-refractivity contribution in [3.63, 3.8) is 0 Å². The summed E-state index contributed by atoms with van der Waals surface area (Å²) in [5, 5.41) is 13.0. The van der Waals surface area contributed by atoms with Crippen LogP contribution in [0.4, 0.5) is 0 Å². The lowest BCUT2D eigenvalue weighted by atomic mass is 10.1. The van der Waals surface area contributed by atoms with Crippen molar-refractivity contribution in [2.75, 3.05) is 6.61 Å². The second-order valence-corrected chi connectivity index (χ2v) is 6.78. The number of amides is 2. The third-order valence-corrected chi connectivity index (χ3v) is 4.97. The summed E-state index contributed by atoms with van der Waals surface area (Å²) in [6, 6.07) is -0.0653.